The number of aliphatic hydroxyl groups is 7. The van der Waals surface area contributed by atoms with Gasteiger partial charge in [-0.2, -0.15) is 0 Å². The topological polar surface area (TPSA) is 169 Å². The van der Waals surface area contributed by atoms with E-state index in [4.69, 9.17) is 19.3 Å². The molecule has 2 aliphatic rings. The molecule has 0 aliphatic carbocycles. The summed E-state index contributed by atoms with van der Waals surface area (Å²) in [5, 5.41) is 67.8. The van der Waals surface area contributed by atoms with Crippen molar-refractivity contribution < 1.29 is 50.0 Å². The van der Waals surface area contributed by atoms with Gasteiger partial charge in [-0.3, -0.25) is 0 Å². The molecule has 2 aliphatic heterocycles. The Bertz CT molecular complexity index is 378. The molecule has 0 aromatic rings. The van der Waals surface area contributed by atoms with E-state index in [1.165, 1.54) is 6.92 Å². The monoisotopic (exact) mass is 340 g/mol. The first-order valence-corrected chi connectivity index (χ1v) is 7.40. The van der Waals surface area contributed by atoms with Crippen molar-refractivity contribution in [2.24, 2.45) is 0 Å². The third-order valence-electron chi connectivity index (χ3n) is 4.24. The summed E-state index contributed by atoms with van der Waals surface area (Å²) in [5.74, 6) is 0. The molecule has 7 N–H and O–H groups in total. The van der Waals surface area contributed by atoms with Gasteiger partial charge in [-0.15, -0.1) is 0 Å². The smallest absolute Gasteiger partial charge is 0.187 e. The summed E-state index contributed by atoms with van der Waals surface area (Å²) >= 11 is 0. The average molecular weight is 340 g/mol. The minimum atomic E-state index is -1.66. The van der Waals surface area contributed by atoms with Crippen molar-refractivity contribution in [3.63, 3.8) is 0 Å². The molecule has 0 amide bonds. The Morgan fingerprint density at radius 2 is 1.35 bits per heavy atom. The molecule has 136 valence electrons. The molecular formula is C13H24O10. The van der Waals surface area contributed by atoms with Crippen LogP contribution in [-0.2, 0) is 14.2 Å². The highest BCUT2D eigenvalue weighted by Crippen LogP contribution is 2.28. The minimum absolute atomic E-state index is 0.518. The first-order chi connectivity index (χ1) is 10.8. The Balaban J connectivity index is 2.11. The third-order valence-corrected chi connectivity index (χ3v) is 4.24. The van der Waals surface area contributed by atoms with Crippen LogP contribution in [0.4, 0.5) is 0 Å². The second-order valence-electron chi connectivity index (χ2n) is 5.84. The van der Waals surface area contributed by atoms with Crippen LogP contribution in [0.15, 0.2) is 0 Å². The van der Waals surface area contributed by atoms with Crippen LogP contribution in [0.5, 0.6) is 0 Å². The fourth-order valence-corrected chi connectivity index (χ4v) is 2.78. The van der Waals surface area contributed by atoms with Crippen molar-refractivity contribution in [1.82, 2.24) is 0 Å². The molecule has 10 atom stereocenters. The summed E-state index contributed by atoms with van der Waals surface area (Å²) < 4.78 is 15.9. The molecule has 0 aromatic carbocycles. The highest BCUT2D eigenvalue weighted by molar-refractivity contribution is 4.94. The van der Waals surface area contributed by atoms with Gasteiger partial charge >= 0.3 is 0 Å². The number of hydrogen-bond donors (Lipinski definition) is 7. The summed E-state index contributed by atoms with van der Waals surface area (Å²) in [5.41, 5.74) is 0. The van der Waals surface area contributed by atoms with E-state index in [0.717, 1.165) is 0 Å². The second-order valence-corrected chi connectivity index (χ2v) is 5.84. The maximum absolute atomic E-state index is 10.1. The molecule has 0 radical (unpaired) electrons. The zero-order valence-electron chi connectivity index (χ0n) is 12.5. The molecule has 0 spiro atoms. The normalized spacial score (nSPS) is 51.7. The molecule has 10 heteroatoms. The standard InChI is InChI=1S/C13H24O10/c1-4-7(16)10(19)12(6(3-15)21-4)23-13-11(20)9(18)8(17)5(2-14)22-13/h4-20H,2-3H2,1H3/t4?,5-,6-,7+,8-,9+,10-,11-,12-,13+/m1/s1. The van der Waals surface area contributed by atoms with Crippen LogP contribution in [0, 0.1) is 0 Å². The second kappa shape index (κ2) is 7.66. The molecule has 0 saturated carbocycles. The van der Waals surface area contributed by atoms with E-state index in [9.17, 15) is 30.6 Å². The van der Waals surface area contributed by atoms with Crippen LogP contribution >= 0.6 is 0 Å². The predicted molar refractivity (Wildman–Crippen MR) is 72.1 cm³/mol. The van der Waals surface area contributed by atoms with Gasteiger partial charge in [0.05, 0.1) is 19.3 Å². The van der Waals surface area contributed by atoms with Crippen molar-refractivity contribution >= 4 is 0 Å². The minimum Gasteiger partial charge on any atom is -0.394 e. The summed E-state index contributed by atoms with van der Waals surface area (Å²) in [6.07, 6.45) is -13.2. The van der Waals surface area contributed by atoms with Crippen LogP contribution in [-0.4, -0.2) is 110 Å². The van der Waals surface area contributed by atoms with E-state index in [0.29, 0.717) is 0 Å². The van der Waals surface area contributed by atoms with Gasteiger partial charge in [-0.1, -0.05) is 0 Å². The molecule has 2 rings (SSSR count). The van der Waals surface area contributed by atoms with Crippen LogP contribution in [0.2, 0.25) is 0 Å². The van der Waals surface area contributed by atoms with E-state index in [2.05, 4.69) is 0 Å². The Morgan fingerprint density at radius 1 is 0.739 bits per heavy atom. The lowest BCUT2D eigenvalue weighted by Crippen LogP contribution is -2.64. The molecule has 1 unspecified atom stereocenters. The van der Waals surface area contributed by atoms with Crippen molar-refractivity contribution in [1.29, 1.82) is 0 Å². The zero-order chi connectivity index (χ0) is 17.3. The lowest BCUT2D eigenvalue weighted by molar-refractivity contribution is -0.341. The van der Waals surface area contributed by atoms with Crippen LogP contribution in [0.1, 0.15) is 6.92 Å². The molecular weight excluding hydrogens is 316 g/mol. The molecule has 0 aromatic heterocycles. The Hall–Kier alpha value is -0.400. The molecule has 2 fully saturated rings. The predicted octanol–water partition coefficient (Wildman–Crippen LogP) is -4.33. The molecule has 2 saturated heterocycles. The molecule has 2 heterocycles. The van der Waals surface area contributed by atoms with Crippen LogP contribution < -0.4 is 0 Å². The number of rotatable bonds is 4. The van der Waals surface area contributed by atoms with Crippen molar-refractivity contribution in [2.45, 2.75) is 68.1 Å². The first-order valence-electron chi connectivity index (χ1n) is 7.40. The summed E-state index contributed by atoms with van der Waals surface area (Å²) in [7, 11) is 0. The van der Waals surface area contributed by atoms with Gasteiger partial charge in [-0.25, -0.2) is 0 Å². The van der Waals surface area contributed by atoms with E-state index in [-0.39, 0.29) is 0 Å². The van der Waals surface area contributed by atoms with Gasteiger partial charge in [0.25, 0.3) is 0 Å². The van der Waals surface area contributed by atoms with Gasteiger partial charge in [-0.05, 0) is 6.92 Å². The maximum atomic E-state index is 10.1. The molecule has 10 nitrogen and oxygen atoms in total. The largest absolute Gasteiger partial charge is 0.394 e. The lowest BCUT2D eigenvalue weighted by Gasteiger charge is -2.45. The van der Waals surface area contributed by atoms with Crippen molar-refractivity contribution in [3.05, 3.63) is 0 Å². The fraction of sp³-hybridized carbons (Fsp3) is 1.00. The fourth-order valence-electron chi connectivity index (χ4n) is 2.78. The highest BCUT2D eigenvalue weighted by Gasteiger charge is 2.49. The molecule has 23 heavy (non-hydrogen) atoms. The highest BCUT2D eigenvalue weighted by atomic mass is 16.7. The van der Waals surface area contributed by atoms with Crippen molar-refractivity contribution in [2.75, 3.05) is 13.2 Å². The number of hydrogen-bond acceptors (Lipinski definition) is 10. The zero-order valence-corrected chi connectivity index (χ0v) is 12.5. The summed E-state index contributed by atoms with van der Waals surface area (Å²) in [6, 6.07) is 0. The van der Waals surface area contributed by atoms with E-state index >= 15 is 0 Å². The van der Waals surface area contributed by atoms with Gasteiger partial charge in [0, 0.05) is 0 Å². The Labute approximate surface area is 132 Å². The van der Waals surface area contributed by atoms with Crippen LogP contribution in [0.3, 0.4) is 0 Å². The SMILES string of the molecule is CC1O[C@H](CO)[C@@H](O[C@@H]2O[C@H](CO)[C@@H](O)[C@H](O)[C@H]2O)[C@H](O)[C@H]1O. The van der Waals surface area contributed by atoms with Gasteiger partial charge in [0.15, 0.2) is 6.29 Å². The van der Waals surface area contributed by atoms with Crippen molar-refractivity contribution in [3.8, 4) is 0 Å². The van der Waals surface area contributed by atoms with E-state index in [1.807, 2.05) is 0 Å². The first kappa shape index (κ1) is 18.9. The number of ether oxygens (including phenoxy) is 3. The van der Waals surface area contributed by atoms with Crippen LogP contribution in [0.25, 0.3) is 0 Å². The number of aliphatic hydroxyl groups excluding tert-OH is 7. The summed E-state index contributed by atoms with van der Waals surface area (Å²) in [6.45, 7) is 0.369. The Morgan fingerprint density at radius 3 is 1.91 bits per heavy atom. The van der Waals surface area contributed by atoms with E-state index < -0.39 is 74.4 Å². The van der Waals surface area contributed by atoms with E-state index in [1.54, 1.807) is 0 Å². The lowest BCUT2D eigenvalue weighted by atomic mass is 9.95. The average Bonchev–Trinajstić information content (AvgIpc) is 2.55. The third kappa shape index (κ3) is 3.66. The Kier molecular flexibility index (Phi) is 6.30. The summed E-state index contributed by atoms with van der Waals surface area (Å²) in [4.78, 5) is 0. The van der Waals surface area contributed by atoms with Gasteiger partial charge in [0.1, 0.15) is 48.8 Å². The maximum Gasteiger partial charge on any atom is 0.187 e. The molecule has 0 bridgehead atoms. The van der Waals surface area contributed by atoms with Gasteiger partial charge in [0.2, 0.25) is 0 Å². The van der Waals surface area contributed by atoms with Gasteiger partial charge < -0.3 is 50.0 Å². The quantitative estimate of drug-likeness (QED) is 0.265.